The van der Waals surface area contributed by atoms with Crippen LogP contribution in [0, 0.1) is 46.3 Å². The summed E-state index contributed by atoms with van der Waals surface area (Å²) in [6.45, 7) is 6.78. The highest BCUT2D eigenvalue weighted by Crippen LogP contribution is 2.68. The molecule has 6 nitrogen and oxygen atoms in total. The van der Waals surface area contributed by atoms with E-state index in [0.29, 0.717) is 24.7 Å². The largest absolute Gasteiger partial charge is 0.469 e. The number of aliphatic hydroxyl groups excluding tert-OH is 2. The molecule has 4 aliphatic rings. The molecule has 0 aliphatic heterocycles. The number of hydrogen-bond acceptors (Lipinski definition) is 6. The number of fused-ring (bicyclic) bond motifs is 5. The Morgan fingerprint density at radius 3 is 2.48 bits per heavy atom. The zero-order chi connectivity index (χ0) is 24.1. The molecule has 4 aliphatic carbocycles. The van der Waals surface area contributed by atoms with Gasteiger partial charge in [0.2, 0.25) is 0 Å². The molecule has 0 heterocycles. The number of carbonyl (C=O) groups is 2. The zero-order valence-corrected chi connectivity index (χ0v) is 21.2. The standard InChI is InChI=1S/C26H41ClO6/c1-14(5-8-22(30)32-4)17-6-7-18-23-19(13-21(29)26(17,18)3)25(2)10-9-16(33-24(27)31)11-15(25)12-20(23)28/h14-21,23,28-29H,5-13H2,1-4H3/t14?,15-,16+,17?,18+,19?,20?,21?,23?,25?,26?/m1/s1. The topological polar surface area (TPSA) is 93.1 Å². The number of aliphatic hydroxyl groups is 2. The summed E-state index contributed by atoms with van der Waals surface area (Å²) in [4.78, 5) is 23.0. The molecule has 0 aromatic heterocycles. The fraction of sp³-hybridized carbons (Fsp3) is 0.923. The Hall–Kier alpha value is -0.850. The van der Waals surface area contributed by atoms with E-state index in [1.807, 2.05) is 0 Å². The number of methoxy groups -OCH3 is 1. The lowest BCUT2D eigenvalue weighted by Gasteiger charge is -2.63. The molecule has 4 rings (SSSR count). The van der Waals surface area contributed by atoms with Crippen molar-refractivity contribution in [3.8, 4) is 0 Å². The maximum absolute atomic E-state index is 11.7. The molecule has 33 heavy (non-hydrogen) atoms. The van der Waals surface area contributed by atoms with E-state index >= 15 is 0 Å². The molecule has 0 radical (unpaired) electrons. The molecule has 8 unspecified atom stereocenters. The first-order valence-electron chi connectivity index (χ1n) is 12.8. The van der Waals surface area contributed by atoms with Gasteiger partial charge in [0.25, 0.3) is 0 Å². The Bertz CT molecular complexity index is 759. The molecular formula is C26H41ClO6. The third-order valence-electron chi connectivity index (χ3n) is 10.8. The second-order valence-corrected chi connectivity index (χ2v) is 12.3. The highest BCUT2D eigenvalue weighted by molar-refractivity contribution is 6.61. The van der Waals surface area contributed by atoms with E-state index in [2.05, 4.69) is 20.8 Å². The average Bonchev–Trinajstić information content (AvgIpc) is 3.11. The number of carbonyl (C=O) groups excluding carboxylic acids is 2. The summed E-state index contributed by atoms with van der Waals surface area (Å²) in [7, 11) is 1.43. The van der Waals surface area contributed by atoms with Gasteiger partial charge < -0.3 is 19.7 Å². The van der Waals surface area contributed by atoms with Crippen molar-refractivity contribution in [1.29, 1.82) is 0 Å². The molecule has 0 saturated heterocycles. The van der Waals surface area contributed by atoms with E-state index in [1.165, 1.54) is 7.11 Å². The predicted molar refractivity (Wildman–Crippen MR) is 125 cm³/mol. The average molecular weight is 485 g/mol. The normalized spacial score (nSPS) is 47.6. The predicted octanol–water partition coefficient (Wildman–Crippen LogP) is 4.92. The second-order valence-electron chi connectivity index (χ2n) is 11.9. The molecule has 7 heteroatoms. The SMILES string of the molecule is COC(=O)CCC(C)C1CC[C@H]2C3C(O)C[C@H]4C[C@@H](OC(=O)Cl)CCC4(C)C3CC(O)C12C. The Morgan fingerprint density at radius 2 is 1.82 bits per heavy atom. The van der Waals surface area contributed by atoms with Gasteiger partial charge in [0.1, 0.15) is 6.10 Å². The Balaban J connectivity index is 1.54. The van der Waals surface area contributed by atoms with Crippen molar-refractivity contribution >= 4 is 23.0 Å². The molecule has 11 atom stereocenters. The molecule has 0 aromatic carbocycles. The van der Waals surface area contributed by atoms with Gasteiger partial charge in [0, 0.05) is 18.0 Å². The van der Waals surface area contributed by atoms with Gasteiger partial charge in [-0.05, 0) is 97.7 Å². The second kappa shape index (κ2) is 9.31. The van der Waals surface area contributed by atoms with E-state index in [1.54, 1.807) is 0 Å². The van der Waals surface area contributed by atoms with Gasteiger partial charge in [-0.1, -0.05) is 20.8 Å². The van der Waals surface area contributed by atoms with Crippen molar-refractivity contribution in [2.75, 3.05) is 7.11 Å². The molecule has 188 valence electrons. The van der Waals surface area contributed by atoms with Gasteiger partial charge >= 0.3 is 11.4 Å². The smallest absolute Gasteiger partial charge is 0.404 e. The van der Waals surface area contributed by atoms with E-state index < -0.39 is 17.6 Å². The van der Waals surface area contributed by atoms with Crippen LogP contribution in [0.1, 0.15) is 78.6 Å². The van der Waals surface area contributed by atoms with E-state index in [-0.39, 0.29) is 46.6 Å². The first kappa shape index (κ1) is 25.2. The Morgan fingerprint density at radius 1 is 1.09 bits per heavy atom. The molecule has 0 aromatic rings. The third-order valence-corrected chi connectivity index (χ3v) is 10.9. The summed E-state index contributed by atoms with van der Waals surface area (Å²) >= 11 is 5.47. The Labute approximate surface area is 202 Å². The van der Waals surface area contributed by atoms with Crippen LogP contribution < -0.4 is 0 Å². The van der Waals surface area contributed by atoms with Gasteiger partial charge in [-0.2, -0.15) is 0 Å². The first-order chi connectivity index (χ1) is 15.5. The zero-order valence-electron chi connectivity index (χ0n) is 20.5. The monoisotopic (exact) mass is 484 g/mol. The number of hydrogen-bond donors (Lipinski definition) is 2. The number of rotatable bonds is 5. The van der Waals surface area contributed by atoms with Crippen LogP contribution in [0.15, 0.2) is 0 Å². The molecule has 0 amide bonds. The van der Waals surface area contributed by atoms with Crippen molar-refractivity contribution in [3.63, 3.8) is 0 Å². The summed E-state index contributed by atoms with van der Waals surface area (Å²) in [5.74, 6) is 1.46. The van der Waals surface area contributed by atoms with Crippen LogP contribution >= 0.6 is 11.6 Å². The van der Waals surface area contributed by atoms with E-state index in [4.69, 9.17) is 21.1 Å². The van der Waals surface area contributed by atoms with E-state index in [9.17, 15) is 19.8 Å². The first-order valence-corrected chi connectivity index (χ1v) is 13.2. The van der Waals surface area contributed by atoms with Crippen LogP contribution in [0.4, 0.5) is 4.79 Å². The highest BCUT2D eigenvalue weighted by Gasteiger charge is 2.65. The molecule has 4 saturated carbocycles. The van der Waals surface area contributed by atoms with Gasteiger partial charge in [-0.25, -0.2) is 4.79 Å². The number of esters is 1. The number of halogens is 1. The Kier molecular flexibility index (Phi) is 7.12. The number of ether oxygens (including phenoxy) is 2. The molecule has 0 spiro atoms. The maximum atomic E-state index is 11.7. The van der Waals surface area contributed by atoms with Crippen molar-refractivity contribution in [2.24, 2.45) is 46.3 Å². The van der Waals surface area contributed by atoms with Gasteiger partial charge in [-0.3, -0.25) is 4.79 Å². The van der Waals surface area contributed by atoms with Crippen LogP contribution in [-0.2, 0) is 14.3 Å². The lowest BCUT2D eigenvalue weighted by molar-refractivity contribution is -0.206. The highest BCUT2D eigenvalue weighted by atomic mass is 35.5. The summed E-state index contributed by atoms with van der Waals surface area (Å²) in [5, 5.41) is 23.1. The summed E-state index contributed by atoms with van der Waals surface area (Å²) in [6, 6.07) is 0. The van der Waals surface area contributed by atoms with Crippen LogP contribution in [0.25, 0.3) is 0 Å². The molecule has 0 bridgehead atoms. The van der Waals surface area contributed by atoms with Crippen LogP contribution in [0.5, 0.6) is 0 Å². The van der Waals surface area contributed by atoms with Gasteiger partial charge in [0.15, 0.2) is 0 Å². The molecular weight excluding hydrogens is 444 g/mol. The van der Waals surface area contributed by atoms with Crippen LogP contribution in [0.2, 0.25) is 0 Å². The molecule has 2 N–H and O–H groups in total. The van der Waals surface area contributed by atoms with Crippen molar-refractivity contribution in [1.82, 2.24) is 0 Å². The minimum absolute atomic E-state index is 0.0238. The summed E-state index contributed by atoms with van der Waals surface area (Å²) in [5.41, 5.74) is -0.970. The van der Waals surface area contributed by atoms with Crippen LogP contribution in [0.3, 0.4) is 0 Å². The molecule has 4 fully saturated rings. The van der Waals surface area contributed by atoms with Gasteiger partial charge in [0.05, 0.1) is 19.3 Å². The quantitative estimate of drug-likeness (QED) is 0.425. The minimum Gasteiger partial charge on any atom is -0.469 e. The third kappa shape index (κ3) is 4.23. The fourth-order valence-electron chi connectivity index (χ4n) is 9.00. The minimum atomic E-state index is -0.750. The van der Waals surface area contributed by atoms with Crippen molar-refractivity contribution < 1.29 is 29.3 Å². The van der Waals surface area contributed by atoms with Crippen molar-refractivity contribution in [2.45, 2.75) is 96.9 Å². The van der Waals surface area contributed by atoms with Crippen LogP contribution in [-0.4, -0.2) is 47.0 Å². The lowest BCUT2D eigenvalue weighted by Crippen LogP contribution is -2.62. The van der Waals surface area contributed by atoms with Crippen molar-refractivity contribution in [3.05, 3.63) is 0 Å². The fourth-order valence-corrected chi connectivity index (χ4v) is 9.13. The van der Waals surface area contributed by atoms with E-state index in [0.717, 1.165) is 44.9 Å². The summed E-state index contributed by atoms with van der Waals surface area (Å²) in [6.07, 6.45) is 6.11. The lowest BCUT2D eigenvalue weighted by atomic mass is 9.43. The van der Waals surface area contributed by atoms with Gasteiger partial charge in [-0.15, -0.1) is 0 Å². The summed E-state index contributed by atoms with van der Waals surface area (Å²) < 4.78 is 10.1. The maximum Gasteiger partial charge on any atom is 0.404 e.